The summed E-state index contributed by atoms with van der Waals surface area (Å²) in [5.41, 5.74) is 7.71. The fraction of sp³-hybridized carbons (Fsp3) is 0.417. The van der Waals surface area contributed by atoms with Crippen molar-refractivity contribution in [3.8, 4) is 5.75 Å². The number of methoxy groups -OCH3 is 1. The third kappa shape index (κ3) is 2.53. The SMILES string of the molecule is COc1cc(C)c(C(CN)C(=O)O)c(C)c1Cl. The third-order valence-corrected chi connectivity index (χ3v) is 3.29. The number of aryl methyl sites for hydroxylation is 1. The first-order valence-electron chi connectivity index (χ1n) is 5.20. The van der Waals surface area contributed by atoms with Crippen LogP contribution in [0.5, 0.6) is 5.75 Å². The predicted octanol–water partition coefficient (Wildman–Crippen LogP) is 2.09. The van der Waals surface area contributed by atoms with Crippen LogP contribution in [-0.2, 0) is 4.79 Å². The highest BCUT2D eigenvalue weighted by Gasteiger charge is 2.24. The number of benzene rings is 1. The molecule has 4 nitrogen and oxygen atoms in total. The number of hydrogen-bond acceptors (Lipinski definition) is 3. The number of carboxylic acid groups (broad SMARTS) is 1. The van der Waals surface area contributed by atoms with Crippen LogP contribution in [0.4, 0.5) is 0 Å². The summed E-state index contributed by atoms with van der Waals surface area (Å²) in [6, 6.07) is 1.73. The van der Waals surface area contributed by atoms with Crippen LogP contribution in [0.2, 0.25) is 5.02 Å². The molecule has 5 heteroatoms. The Morgan fingerprint density at radius 1 is 1.59 bits per heavy atom. The van der Waals surface area contributed by atoms with Gasteiger partial charge in [-0.1, -0.05) is 11.6 Å². The highest BCUT2D eigenvalue weighted by atomic mass is 35.5. The molecule has 1 unspecified atom stereocenters. The molecule has 0 radical (unpaired) electrons. The Balaban J connectivity index is 3.44. The Morgan fingerprint density at radius 2 is 2.18 bits per heavy atom. The van der Waals surface area contributed by atoms with Gasteiger partial charge in [0.2, 0.25) is 0 Å². The largest absolute Gasteiger partial charge is 0.495 e. The average Bonchev–Trinajstić information content (AvgIpc) is 2.28. The molecule has 3 N–H and O–H groups in total. The van der Waals surface area contributed by atoms with E-state index in [9.17, 15) is 4.79 Å². The van der Waals surface area contributed by atoms with Gasteiger partial charge in [0.05, 0.1) is 18.1 Å². The Morgan fingerprint density at radius 3 is 2.59 bits per heavy atom. The van der Waals surface area contributed by atoms with E-state index in [1.807, 2.05) is 6.92 Å². The molecule has 1 rings (SSSR count). The summed E-state index contributed by atoms with van der Waals surface area (Å²) in [6.45, 7) is 3.64. The van der Waals surface area contributed by atoms with Gasteiger partial charge >= 0.3 is 5.97 Å². The van der Waals surface area contributed by atoms with Crippen molar-refractivity contribution in [2.24, 2.45) is 5.73 Å². The molecule has 1 aromatic rings. The summed E-state index contributed by atoms with van der Waals surface area (Å²) in [5, 5.41) is 9.58. The van der Waals surface area contributed by atoms with E-state index < -0.39 is 11.9 Å². The fourth-order valence-electron chi connectivity index (χ4n) is 1.96. The quantitative estimate of drug-likeness (QED) is 0.866. The summed E-state index contributed by atoms with van der Waals surface area (Å²) in [4.78, 5) is 11.1. The van der Waals surface area contributed by atoms with Crippen molar-refractivity contribution in [1.82, 2.24) is 0 Å². The van der Waals surface area contributed by atoms with Crippen molar-refractivity contribution in [2.45, 2.75) is 19.8 Å². The van der Waals surface area contributed by atoms with Crippen molar-refractivity contribution in [3.05, 3.63) is 27.8 Å². The minimum absolute atomic E-state index is 0.0413. The normalized spacial score (nSPS) is 12.3. The predicted molar refractivity (Wildman–Crippen MR) is 66.9 cm³/mol. The van der Waals surface area contributed by atoms with Gasteiger partial charge in [-0.05, 0) is 36.6 Å². The minimum Gasteiger partial charge on any atom is -0.495 e. The van der Waals surface area contributed by atoms with Crippen molar-refractivity contribution in [1.29, 1.82) is 0 Å². The van der Waals surface area contributed by atoms with Crippen molar-refractivity contribution in [3.63, 3.8) is 0 Å². The molecular weight excluding hydrogens is 242 g/mol. The maximum atomic E-state index is 11.1. The first-order chi connectivity index (χ1) is 7.93. The van der Waals surface area contributed by atoms with E-state index >= 15 is 0 Å². The average molecular weight is 258 g/mol. The summed E-state index contributed by atoms with van der Waals surface area (Å²) in [7, 11) is 1.53. The van der Waals surface area contributed by atoms with Crippen molar-refractivity contribution in [2.75, 3.05) is 13.7 Å². The molecule has 1 aromatic carbocycles. The van der Waals surface area contributed by atoms with Gasteiger partial charge in [-0.2, -0.15) is 0 Å². The maximum Gasteiger partial charge on any atom is 0.312 e. The number of carboxylic acids is 1. The second-order valence-electron chi connectivity index (χ2n) is 3.87. The first kappa shape index (κ1) is 13.8. The molecule has 0 heterocycles. The standard InChI is InChI=1S/C12H16ClNO3/c1-6-4-9(17-3)11(13)7(2)10(6)8(5-14)12(15)16/h4,8H,5,14H2,1-3H3,(H,15,16). The Hall–Kier alpha value is -1.26. The minimum atomic E-state index is -0.945. The summed E-state index contributed by atoms with van der Waals surface area (Å²) < 4.78 is 5.12. The molecule has 1 atom stereocenters. The van der Waals surface area contributed by atoms with Crippen LogP contribution in [-0.4, -0.2) is 24.7 Å². The van der Waals surface area contributed by atoms with E-state index in [4.69, 9.17) is 27.2 Å². The molecule has 94 valence electrons. The number of aliphatic carboxylic acids is 1. The van der Waals surface area contributed by atoms with Crippen LogP contribution in [0.1, 0.15) is 22.6 Å². The molecule has 0 spiro atoms. The van der Waals surface area contributed by atoms with Gasteiger partial charge in [0.25, 0.3) is 0 Å². The zero-order chi connectivity index (χ0) is 13.2. The Kier molecular flexibility index (Phi) is 4.37. The number of nitrogens with two attached hydrogens (primary N) is 1. The number of rotatable bonds is 4. The highest BCUT2D eigenvalue weighted by Crippen LogP contribution is 2.35. The molecule has 17 heavy (non-hydrogen) atoms. The molecule has 0 aliphatic heterocycles. The zero-order valence-electron chi connectivity index (χ0n) is 10.1. The summed E-state index contributed by atoms with van der Waals surface area (Å²) in [5.74, 6) is -1.13. The van der Waals surface area contributed by atoms with E-state index in [1.54, 1.807) is 13.0 Å². The number of hydrogen-bond donors (Lipinski definition) is 2. The lowest BCUT2D eigenvalue weighted by molar-refractivity contribution is -0.138. The summed E-state index contributed by atoms with van der Waals surface area (Å²) >= 11 is 6.12. The summed E-state index contributed by atoms with van der Waals surface area (Å²) in [6.07, 6.45) is 0. The van der Waals surface area contributed by atoms with Gasteiger partial charge < -0.3 is 15.6 Å². The van der Waals surface area contributed by atoms with Crippen LogP contribution in [0.3, 0.4) is 0 Å². The molecule has 0 aliphatic rings. The Labute approximate surface area is 105 Å². The first-order valence-corrected chi connectivity index (χ1v) is 5.58. The maximum absolute atomic E-state index is 11.1. The monoisotopic (exact) mass is 257 g/mol. The second-order valence-corrected chi connectivity index (χ2v) is 4.25. The molecule has 0 bridgehead atoms. The number of carbonyl (C=O) groups is 1. The number of ether oxygens (including phenoxy) is 1. The van der Waals surface area contributed by atoms with Crippen molar-refractivity contribution < 1.29 is 14.6 Å². The van der Waals surface area contributed by atoms with E-state index in [0.29, 0.717) is 21.9 Å². The van der Waals surface area contributed by atoms with Crippen LogP contribution < -0.4 is 10.5 Å². The smallest absolute Gasteiger partial charge is 0.312 e. The molecule has 0 saturated carbocycles. The molecule has 0 fully saturated rings. The van der Waals surface area contributed by atoms with Crippen LogP contribution >= 0.6 is 11.6 Å². The molecule has 0 aliphatic carbocycles. The van der Waals surface area contributed by atoms with Crippen LogP contribution in [0.15, 0.2) is 6.07 Å². The Bertz CT molecular complexity index is 446. The van der Waals surface area contributed by atoms with Gasteiger partial charge in [0, 0.05) is 6.54 Å². The number of halogens is 1. The van der Waals surface area contributed by atoms with Gasteiger partial charge in [0.15, 0.2) is 0 Å². The lowest BCUT2D eigenvalue weighted by atomic mass is 9.90. The molecule has 0 amide bonds. The van der Waals surface area contributed by atoms with Crippen LogP contribution in [0.25, 0.3) is 0 Å². The van der Waals surface area contributed by atoms with Gasteiger partial charge in [-0.15, -0.1) is 0 Å². The topological polar surface area (TPSA) is 72.5 Å². The molecular formula is C12H16ClNO3. The fourth-order valence-corrected chi connectivity index (χ4v) is 2.20. The van der Waals surface area contributed by atoms with E-state index in [2.05, 4.69) is 0 Å². The highest BCUT2D eigenvalue weighted by molar-refractivity contribution is 6.33. The van der Waals surface area contributed by atoms with Gasteiger partial charge in [-0.3, -0.25) is 4.79 Å². The lowest BCUT2D eigenvalue weighted by Crippen LogP contribution is -2.23. The zero-order valence-corrected chi connectivity index (χ0v) is 10.8. The molecule has 0 aromatic heterocycles. The van der Waals surface area contributed by atoms with E-state index in [-0.39, 0.29) is 6.54 Å². The van der Waals surface area contributed by atoms with Gasteiger partial charge in [0.1, 0.15) is 5.75 Å². The second kappa shape index (κ2) is 5.38. The van der Waals surface area contributed by atoms with Crippen LogP contribution in [0, 0.1) is 13.8 Å². The lowest BCUT2D eigenvalue weighted by Gasteiger charge is -2.19. The molecule has 0 saturated heterocycles. The van der Waals surface area contributed by atoms with E-state index in [0.717, 1.165) is 5.56 Å². The van der Waals surface area contributed by atoms with E-state index in [1.165, 1.54) is 7.11 Å². The third-order valence-electron chi connectivity index (χ3n) is 2.82. The van der Waals surface area contributed by atoms with Gasteiger partial charge in [-0.25, -0.2) is 0 Å². The van der Waals surface area contributed by atoms with Crippen molar-refractivity contribution >= 4 is 17.6 Å².